The second kappa shape index (κ2) is 14.3. The van der Waals surface area contributed by atoms with E-state index in [0.29, 0.717) is 25.4 Å². The van der Waals surface area contributed by atoms with E-state index in [1.165, 1.54) is 0 Å². The number of aliphatic hydroxyl groups is 1. The summed E-state index contributed by atoms with van der Waals surface area (Å²) in [5.41, 5.74) is 1.04. The van der Waals surface area contributed by atoms with Gasteiger partial charge in [0.25, 0.3) is 0 Å². The van der Waals surface area contributed by atoms with Crippen molar-refractivity contribution in [1.82, 2.24) is 0 Å². The van der Waals surface area contributed by atoms with E-state index in [4.69, 9.17) is 25.1 Å². The molecule has 1 unspecified atom stereocenters. The SMILES string of the molecule is C#C[C@@H](OCc1ccc(OC)cc1)[C@@H](C)CC(O)C[C@H](C)[C@@H]1O[C@H](CC)[C@H](C)C[C@@H]1O[Si](C)(C)C(C)(C)C. The summed E-state index contributed by atoms with van der Waals surface area (Å²) in [7, 11) is -0.307. The maximum Gasteiger partial charge on any atom is 0.192 e. The zero-order valence-electron chi connectivity index (χ0n) is 25.6. The van der Waals surface area contributed by atoms with Crippen LogP contribution in [0.1, 0.15) is 79.7 Å². The standard InChI is InChI=1S/C32H54O5Si/c1-12-28(35-21-25-14-16-27(34-9)17-15-25)22(3)18-26(33)19-24(5)31-30(20-23(4)29(13-2)36-31)37-38(10,11)32(6,7)8/h1,14-17,22-24,26,28-31,33H,13,18-21H2,2-11H3/t22-,23+,24-,26?,28+,29+,30-,31-/m0/s1. The molecule has 1 aliphatic heterocycles. The van der Waals surface area contributed by atoms with Crippen LogP contribution in [0, 0.1) is 30.1 Å². The molecular formula is C32H54O5Si. The number of methoxy groups -OCH3 is 1. The number of rotatable bonds is 13. The minimum Gasteiger partial charge on any atom is -0.497 e. The van der Waals surface area contributed by atoms with E-state index in [9.17, 15) is 5.11 Å². The van der Waals surface area contributed by atoms with Crippen LogP contribution < -0.4 is 4.74 Å². The molecule has 0 radical (unpaired) electrons. The Kier molecular flexibility index (Phi) is 12.4. The van der Waals surface area contributed by atoms with Crippen molar-refractivity contribution < 1.29 is 23.7 Å². The molecule has 1 fully saturated rings. The third kappa shape index (κ3) is 9.10. The van der Waals surface area contributed by atoms with Crippen LogP contribution in [0.25, 0.3) is 0 Å². The molecule has 38 heavy (non-hydrogen) atoms. The summed E-state index contributed by atoms with van der Waals surface area (Å²) in [5, 5.41) is 11.2. The molecule has 216 valence electrons. The zero-order chi connectivity index (χ0) is 28.7. The topological polar surface area (TPSA) is 57.2 Å². The Morgan fingerprint density at radius 1 is 1.16 bits per heavy atom. The van der Waals surface area contributed by atoms with E-state index in [-0.39, 0.29) is 41.3 Å². The van der Waals surface area contributed by atoms with E-state index < -0.39 is 14.4 Å². The molecule has 1 heterocycles. The van der Waals surface area contributed by atoms with Gasteiger partial charge in [0.1, 0.15) is 11.9 Å². The lowest BCUT2D eigenvalue weighted by Gasteiger charge is -2.48. The number of benzene rings is 1. The van der Waals surface area contributed by atoms with Crippen molar-refractivity contribution in [2.24, 2.45) is 17.8 Å². The fourth-order valence-corrected chi connectivity index (χ4v) is 6.58. The lowest BCUT2D eigenvalue weighted by atomic mass is 9.83. The average Bonchev–Trinajstić information content (AvgIpc) is 2.83. The van der Waals surface area contributed by atoms with E-state index in [2.05, 4.69) is 67.5 Å². The Hall–Kier alpha value is -1.36. The van der Waals surface area contributed by atoms with Gasteiger partial charge in [0.05, 0.1) is 38.1 Å². The molecule has 2 rings (SSSR count). The van der Waals surface area contributed by atoms with Gasteiger partial charge in [-0.2, -0.15) is 0 Å². The summed E-state index contributed by atoms with van der Waals surface area (Å²) < 4.78 is 24.9. The molecule has 1 aliphatic rings. The van der Waals surface area contributed by atoms with Gasteiger partial charge in [-0.05, 0) is 79.3 Å². The lowest BCUT2D eigenvalue weighted by molar-refractivity contribution is -0.159. The van der Waals surface area contributed by atoms with E-state index in [1.54, 1.807) is 7.11 Å². The minimum absolute atomic E-state index is 0.0232. The summed E-state index contributed by atoms with van der Waals surface area (Å²) in [6.45, 7) is 20.6. The van der Waals surface area contributed by atoms with Crippen LogP contribution >= 0.6 is 0 Å². The van der Waals surface area contributed by atoms with Crippen LogP contribution in [0.4, 0.5) is 0 Å². The summed E-state index contributed by atoms with van der Waals surface area (Å²) in [6.07, 6.45) is 8.45. The summed E-state index contributed by atoms with van der Waals surface area (Å²) in [6, 6.07) is 7.78. The average molecular weight is 547 g/mol. The normalized spacial score (nSPS) is 25.7. The van der Waals surface area contributed by atoms with E-state index >= 15 is 0 Å². The number of hydrogen-bond donors (Lipinski definition) is 1. The number of aliphatic hydroxyl groups excluding tert-OH is 1. The van der Waals surface area contributed by atoms with Gasteiger partial charge in [-0.25, -0.2) is 0 Å². The van der Waals surface area contributed by atoms with Crippen molar-refractivity contribution in [3.8, 4) is 18.1 Å². The fourth-order valence-electron chi connectivity index (χ4n) is 5.24. The molecule has 0 amide bonds. The Labute approximate surface area is 234 Å². The monoisotopic (exact) mass is 546 g/mol. The molecule has 8 atom stereocenters. The van der Waals surface area contributed by atoms with Gasteiger partial charge in [-0.1, -0.05) is 66.5 Å². The highest BCUT2D eigenvalue weighted by atomic mass is 28.4. The molecule has 5 nitrogen and oxygen atoms in total. The Morgan fingerprint density at radius 2 is 1.79 bits per heavy atom. The van der Waals surface area contributed by atoms with Crippen LogP contribution in [0.2, 0.25) is 18.1 Å². The zero-order valence-corrected chi connectivity index (χ0v) is 26.6. The third-order valence-corrected chi connectivity index (χ3v) is 13.2. The molecule has 0 aromatic heterocycles. The highest BCUT2D eigenvalue weighted by Crippen LogP contribution is 2.42. The van der Waals surface area contributed by atoms with Crippen LogP contribution in [0.3, 0.4) is 0 Å². The van der Waals surface area contributed by atoms with Crippen LogP contribution in [0.15, 0.2) is 24.3 Å². The predicted molar refractivity (Wildman–Crippen MR) is 159 cm³/mol. The maximum absolute atomic E-state index is 11.1. The van der Waals surface area contributed by atoms with Crippen molar-refractivity contribution in [3.05, 3.63) is 29.8 Å². The quantitative estimate of drug-likeness (QED) is 0.209. The molecule has 1 aromatic rings. The highest BCUT2D eigenvalue weighted by molar-refractivity contribution is 6.74. The number of hydrogen-bond acceptors (Lipinski definition) is 5. The molecule has 6 heteroatoms. The summed E-state index contributed by atoms with van der Waals surface area (Å²) in [5.74, 6) is 4.24. The maximum atomic E-state index is 11.1. The summed E-state index contributed by atoms with van der Waals surface area (Å²) >= 11 is 0. The summed E-state index contributed by atoms with van der Waals surface area (Å²) in [4.78, 5) is 0. The fraction of sp³-hybridized carbons (Fsp3) is 0.750. The van der Waals surface area contributed by atoms with Gasteiger partial charge in [0, 0.05) is 0 Å². The van der Waals surface area contributed by atoms with Crippen molar-refractivity contribution in [1.29, 1.82) is 0 Å². The molecular weight excluding hydrogens is 492 g/mol. The minimum atomic E-state index is -1.96. The number of ether oxygens (including phenoxy) is 3. The smallest absolute Gasteiger partial charge is 0.192 e. The predicted octanol–water partition coefficient (Wildman–Crippen LogP) is 7.22. The first kappa shape index (κ1) is 32.8. The highest BCUT2D eigenvalue weighted by Gasteiger charge is 2.45. The molecule has 0 spiro atoms. The Balaban J connectivity index is 2.00. The van der Waals surface area contributed by atoms with Gasteiger partial charge in [0.15, 0.2) is 8.32 Å². The van der Waals surface area contributed by atoms with Crippen molar-refractivity contribution in [2.45, 2.75) is 129 Å². The Morgan fingerprint density at radius 3 is 2.32 bits per heavy atom. The molecule has 0 saturated carbocycles. The first-order chi connectivity index (χ1) is 17.7. The van der Waals surface area contributed by atoms with Crippen molar-refractivity contribution >= 4 is 8.32 Å². The van der Waals surface area contributed by atoms with Crippen LogP contribution in [-0.2, 0) is 20.5 Å². The molecule has 0 bridgehead atoms. The van der Waals surface area contributed by atoms with Gasteiger partial charge >= 0.3 is 0 Å². The molecule has 0 aliphatic carbocycles. The van der Waals surface area contributed by atoms with E-state index in [0.717, 1.165) is 24.2 Å². The van der Waals surface area contributed by atoms with Gasteiger partial charge in [-0.3, -0.25) is 0 Å². The van der Waals surface area contributed by atoms with E-state index in [1.807, 2.05) is 24.3 Å². The second-order valence-electron chi connectivity index (χ2n) is 13.0. The van der Waals surface area contributed by atoms with Crippen LogP contribution in [0.5, 0.6) is 5.75 Å². The van der Waals surface area contributed by atoms with Gasteiger partial charge in [-0.15, -0.1) is 6.42 Å². The number of terminal acetylenes is 1. The Bertz CT molecular complexity index is 871. The first-order valence-corrected chi connectivity index (χ1v) is 17.3. The largest absolute Gasteiger partial charge is 0.497 e. The van der Waals surface area contributed by atoms with Gasteiger partial charge < -0.3 is 23.7 Å². The van der Waals surface area contributed by atoms with Crippen molar-refractivity contribution in [2.75, 3.05) is 7.11 Å². The van der Waals surface area contributed by atoms with Gasteiger partial charge in [0.2, 0.25) is 0 Å². The first-order valence-electron chi connectivity index (χ1n) is 14.4. The molecule has 1 saturated heterocycles. The van der Waals surface area contributed by atoms with Crippen LogP contribution in [-0.4, -0.2) is 51.1 Å². The molecule has 1 aromatic carbocycles. The molecule has 1 N–H and O–H groups in total. The second-order valence-corrected chi connectivity index (χ2v) is 17.8. The third-order valence-electron chi connectivity index (χ3n) is 8.71. The van der Waals surface area contributed by atoms with Crippen molar-refractivity contribution in [3.63, 3.8) is 0 Å². The lowest BCUT2D eigenvalue weighted by Crippen LogP contribution is -2.54.